The lowest BCUT2D eigenvalue weighted by molar-refractivity contribution is -0.275. The van der Waals surface area contributed by atoms with Crippen molar-refractivity contribution in [2.45, 2.75) is 31.2 Å². The maximum Gasteiger partial charge on any atom is 0.573 e. The van der Waals surface area contributed by atoms with Crippen LogP contribution in [0.25, 0.3) is 0 Å². The van der Waals surface area contributed by atoms with E-state index in [1.165, 1.54) is 6.07 Å². The zero-order chi connectivity index (χ0) is 27.5. The van der Waals surface area contributed by atoms with Crippen LogP contribution in [0.5, 0.6) is 5.75 Å². The normalized spacial score (nSPS) is 13.6. The van der Waals surface area contributed by atoms with Crippen molar-refractivity contribution >= 4 is 5.91 Å². The third-order valence-electron chi connectivity index (χ3n) is 4.84. The average molecular weight is 537 g/mol. The first kappa shape index (κ1) is 27.6. The second-order valence-electron chi connectivity index (χ2n) is 7.48. The van der Waals surface area contributed by atoms with Crippen LogP contribution in [0.3, 0.4) is 0 Å². The molecule has 0 saturated heterocycles. The summed E-state index contributed by atoms with van der Waals surface area (Å²) in [5.41, 5.74) is -2.12. The Bertz CT molecular complexity index is 1340. The van der Waals surface area contributed by atoms with Crippen molar-refractivity contribution in [1.29, 1.82) is 0 Å². The molecule has 0 aliphatic heterocycles. The fourth-order valence-corrected chi connectivity index (χ4v) is 3.14. The van der Waals surface area contributed by atoms with Crippen LogP contribution >= 0.6 is 0 Å². The third kappa shape index (κ3) is 7.03. The van der Waals surface area contributed by atoms with Crippen LogP contribution in [0.1, 0.15) is 27.7 Å². The van der Waals surface area contributed by atoms with E-state index in [-0.39, 0.29) is 5.56 Å². The molecular formula is C22H15F8N3O4. The van der Waals surface area contributed by atoms with Gasteiger partial charge in [-0.25, -0.2) is 8.78 Å². The van der Waals surface area contributed by atoms with Gasteiger partial charge in [-0.05, 0) is 35.9 Å². The minimum atomic E-state index is -5.20. The number of alkyl halides is 6. The summed E-state index contributed by atoms with van der Waals surface area (Å²) in [5, 5.41) is 11.5. The molecule has 198 valence electrons. The molecule has 1 amide bonds. The lowest BCUT2D eigenvalue weighted by atomic mass is 10.0. The number of hydrogen-bond donors (Lipinski definition) is 2. The maximum atomic E-state index is 14.5. The Balaban J connectivity index is 1.97. The van der Waals surface area contributed by atoms with E-state index in [0.717, 1.165) is 30.5 Å². The van der Waals surface area contributed by atoms with Crippen LogP contribution in [-0.4, -0.2) is 39.2 Å². The van der Waals surface area contributed by atoms with E-state index < -0.39 is 71.3 Å². The molecule has 2 atom stereocenters. The molecule has 0 radical (unpaired) electrons. The highest BCUT2D eigenvalue weighted by Gasteiger charge is 2.38. The van der Waals surface area contributed by atoms with Crippen molar-refractivity contribution in [3.63, 3.8) is 0 Å². The minimum absolute atomic E-state index is 0.265. The number of aliphatic hydroxyl groups excluding tert-OH is 1. The van der Waals surface area contributed by atoms with E-state index in [2.05, 4.69) is 15.0 Å². The summed E-state index contributed by atoms with van der Waals surface area (Å²) in [5.74, 6) is -4.78. The Kier molecular flexibility index (Phi) is 7.86. The second-order valence-corrected chi connectivity index (χ2v) is 7.48. The number of carbonyl (C=O) groups is 1. The molecule has 1 aromatic carbocycles. The molecule has 15 heteroatoms. The first-order valence-corrected chi connectivity index (χ1v) is 10.1. The summed E-state index contributed by atoms with van der Waals surface area (Å²) >= 11 is 0. The van der Waals surface area contributed by atoms with E-state index >= 15 is 0 Å². The van der Waals surface area contributed by atoms with Crippen molar-refractivity contribution in [3.8, 4) is 5.75 Å². The van der Waals surface area contributed by atoms with Gasteiger partial charge in [0.05, 0.1) is 18.2 Å². The van der Waals surface area contributed by atoms with Gasteiger partial charge in [0.2, 0.25) is 0 Å². The quantitative estimate of drug-likeness (QED) is 0.447. The van der Waals surface area contributed by atoms with Crippen LogP contribution in [0.4, 0.5) is 35.1 Å². The number of halogens is 8. The van der Waals surface area contributed by atoms with Crippen molar-refractivity contribution in [1.82, 2.24) is 14.9 Å². The number of ether oxygens (including phenoxy) is 1. The number of benzene rings is 1. The topological polar surface area (TPSA) is 93.5 Å². The summed E-state index contributed by atoms with van der Waals surface area (Å²) < 4.78 is 108. The number of aromatic nitrogens is 2. The molecule has 3 aromatic rings. The molecule has 0 aliphatic rings. The molecule has 0 spiro atoms. The Morgan fingerprint density at radius 3 is 2.35 bits per heavy atom. The monoisotopic (exact) mass is 537 g/mol. The molecule has 2 N–H and O–H groups in total. The first-order valence-electron chi connectivity index (χ1n) is 10.1. The van der Waals surface area contributed by atoms with Gasteiger partial charge in [0.15, 0.2) is 17.7 Å². The van der Waals surface area contributed by atoms with Gasteiger partial charge in [0.1, 0.15) is 11.5 Å². The standard InChI is InChI=1S/C22H15F8N3O4/c23-13-2-1-7-31-19(13)18(11-3-5-15(14(24)8-11)37-22(28,29)30)32-20(36)12-4-6-17(35)33(9-12)10-16(34)21(25,26)27/h1-9,16,18,34H,10H2,(H,32,36)/t16-,18-/m0/s1. The van der Waals surface area contributed by atoms with Crippen molar-refractivity contribution in [2.24, 2.45) is 0 Å². The first-order chi connectivity index (χ1) is 17.2. The summed E-state index contributed by atoms with van der Waals surface area (Å²) in [6.45, 7) is -1.23. The summed E-state index contributed by atoms with van der Waals surface area (Å²) in [4.78, 5) is 28.5. The fourth-order valence-electron chi connectivity index (χ4n) is 3.14. The molecule has 0 fully saturated rings. The molecule has 37 heavy (non-hydrogen) atoms. The van der Waals surface area contributed by atoms with Gasteiger partial charge in [-0.3, -0.25) is 14.6 Å². The van der Waals surface area contributed by atoms with Gasteiger partial charge < -0.3 is 19.7 Å². The number of carbonyl (C=O) groups excluding carboxylic acids is 1. The molecule has 0 bridgehead atoms. The Morgan fingerprint density at radius 1 is 1.05 bits per heavy atom. The van der Waals surface area contributed by atoms with Gasteiger partial charge in [-0.1, -0.05) is 6.07 Å². The van der Waals surface area contributed by atoms with Gasteiger partial charge in [-0.15, -0.1) is 13.2 Å². The molecule has 0 aliphatic carbocycles. The molecule has 2 heterocycles. The number of pyridine rings is 2. The Hall–Kier alpha value is -4.01. The number of amides is 1. The Morgan fingerprint density at radius 2 is 1.76 bits per heavy atom. The van der Waals surface area contributed by atoms with E-state index in [4.69, 9.17) is 0 Å². The lowest BCUT2D eigenvalue weighted by Gasteiger charge is -2.21. The van der Waals surface area contributed by atoms with Crippen molar-refractivity contribution in [2.75, 3.05) is 0 Å². The number of aliphatic hydroxyl groups is 1. The van der Waals surface area contributed by atoms with Crippen molar-refractivity contribution in [3.05, 3.63) is 93.7 Å². The fraction of sp³-hybridized carbons (Fsp3) is 0.227. The van der Waals surface area contributed by atoms with Gasteiger partial charge in [0.25, 0.3) is 11.5 Å². The number of nitrogens with zero attached hydrogens (tertiary/aromatic N) is 2. The highest BCUT2D eigenvalue weighted by atomic mass is 19.4. The average Bonchev–Trinajstić information content (AvgIpc) is 2.79. The predicted octanol–water partition coefficient (Wildman–Crippen LogP) is 3.86. The largest absolute Gasteiger partial charge is 0.573 e. The van der Waals surface area contributed by atoms with Gasteiger partial charge in [0, 0.05) is 18.5 Å². The minimum Gasteiger partial charge on any atom is -0.403 e. The predicted molar refractivity (Wildman–Crippen MR) is 109 cm³/mol. The lowest BCUT2D eigenvalue weighted by Crippen LogP contribution is -2.37. The smallest absolute Gasteiger partial charge is 0.403 e. The SMILES string of the molecule is O=C(N[C@@H](c1ccc(OC(F)(F)F)c(F)c1)c1ncccc1F)c1ccc(=O)n(C[C@H](O)C(F)(F)F)c1. The molecule has 7 nitrogen and oxygen atoms in total. The molecule has 2 aromatic heterocycles. The van der Waals surface area contributed by atoms with Crippen molar-refractivity contribution < 1.29 is 49.8 Å². The molecule has 3 rings (SSSR count). The van der Waals surface area contributed by atoms with E-state index in [1.807, 2.05) is 0 Å². The Labute approximate surface area is 201 Å². The van der Waals surface area contributed by atoms with E-state index in [1.54, 1.807) is 0 Å². The van der Waals surface area contributed by atoms with Gasteiger partial charge in [-0.2, -0.15) is 13.2 Å². The van der Waals surface area contributed by atoms with Crippen LogP contribution in [0.2, 0.25) is 0 Å². The van der Waals surface area contributed by atoms with Crippen LogP contribution in [0, 0.1) is 11.6 Å². The zero-order valence-corrected chi connectivity index (χ0v) is 18.1. The van der Waals surface area contributed by atoms with Crippen LogP contribution in [0.15, 0.2) is 59.7 Å². The number of nitrogens with one attached hydrogen (secondary N) is 1. The van der Waals surface area contributed by atoms with E-state index in [0.29, 0.717) is 22.9 Å². The third-order valence-corrected chi connectivity index (χ3v) is 4.84. The summed E-state index contributed by atoms with van der Waals surface area (Å²) in [6, 6.07) is 4.27. The van der Waals surface area contributed by atoms with E-state index in [9.17, 15) is 49.8 Å². The number of rotatable bonds is 7. The van der Waals surface area contributed by atoms with Crippen LogP contribution in [-0.2, 0) is 6.54 Å². The van der Waals surface area contributed by atoms with Gasteiger partial charge >= 0.3 is 12.5 Å². The second kappa shape index (κ2) is 10.5. The summed E-state index contributed by atoms with van der Waals surface area (Å²) in [6.07, 6.45) is -11.3. The maximum absolute atomic E-state index is 14.5. The highest BCUT2D eigenvalue weighted by molar-refractivity contribution is 5.94. The van der Waals surface area contributed by atoms with Crippen LogP contribution < -0.4 is 15.6 Å². The molecule has 0 unspecified atom stereocenters. The molecule has 0 saturated carbocycles. The number of hydrogen-bond acceptors (Lipinski definition) is 5. The molecular weight excluding hydrogens is 522 g/mol. The zero-order valence-electron chi connectivity index (χ0n) is 18.1. The highest BCUT2D eigenvalue weighted by Crippen LogP contribution is 2.30. The summed E-state index contributed by atoms with van der Waals surface area (Å²) in [7, 11) is 0.